The van der Waals surface area contributed by atoms with Crippen molar-refractivity contribution in [2.24, 2.45) is 0 Å². The van der Waals surface area contributed by atoms with Gasteiger partial charge < -0.3 is 5.11 Å². The Morgan fingerprint density at radius 1 is 1.75 bits per heavy atom. The minimum atomic E-state index is -1.29. The van der Waals surface area contributed by atoms with Crippen LogP contribution in [0.5, 0.6) is 0 Å². The van der Waals surface area contributed by atoms with Crippen LogP contribution in [0, 0.1) is 12.7 Å². The number of carboxylic acids is 1. The van der Waals surface area contributed by atoms with Crippen molar-refractivity contribution in [3.63, 3.8) is 0 Å². The molecule has 0 fully saturated rings. The molecule has 3 nitrogen and oxygen atoms in total. The molecule has 12 heavy (non-hydrogen) atoms. The first-order valence-corrected chi connectivity index (χ1v) is 3.45. The maximum Gasteiger partial charge on any atom is 0.338 e. The lowest BCUT2D eigenvalue weighted by Gasteiger charge is -2.00. The number of nitrogens with zero attached hydrogens (tertiary/aromatic N) is 1. The Hall–Kier alpha value is -1.16. The summed E-state index contributed by atoms with van der Waals surface area (Å²) in [5.74, 6) is -2.07. The number of halogens is 2. The Morgan fingerprint density at radius 3 is 2.83 bits per heavy atom. The standard InChI is InChI=1S/C7H5ClFNO2/c1-3-6(9)5(8)4(2-10-3)7(11)12/h2H,1H3,(H,11,12). The fourth-order valence-corrected chi connectivity index (χ4v) is 0.967. The van der Waals surface area contributed by atoms with Crippen molar-refractivity contribution in [1.29, 1.82) is 0 Å². The highest BCUT2D eigenvalue weighted by atomic mass is 35.5. The fraction of sp³-hybridized carbons (Fsp3) is 0.143. The van der Waals surface area contributed by atoms with E-state index >= 15 is 0 Å². The first-order valence-electron chi connectivity index (χ1n) is 3.08. The lowest BCUT2D eigenvalue weighted by molar-refractivity contribution is 0.0696. The predicted octanol–water partition coefficient (Wildman–Crippen LogP) is 1.88. The van der Waals surface area contributed by atoms with E-state index in [0.717, 1.165) is 6.20 Å². The van der Waals surface area contributed by atoms with E-state index in [1.807, 2.05) is 0 Å². The highest BCUT2D eigenvalue weighted by Crippen LogP contribution is 2.20. The average molecular weight is 190 g/mol. The maximum absolute atomic E-state index is 12.9. The van der Waals surface area contributed by atoms with Gasteiger partial charge in [0, 0.05) is 6.20 Å². The molecule has 0 amide bonds. The van der Waals surface area contributed by atoms with Crippen LogP contribution in [0.2, 0.25) is 5.02 Å². The second-order valence-electron chi connectivity index (χ2n) is 2.19. The summed E-state index contributed by atoms with van der Waals surface area (Å²) in [6.07, 6.45) is 1.03. The van der Waals surface area contributed by atoms with Crippen molar-refractivity contribution in [2.45, 2.75) is 6.92 Å². The molecule has 0 radical (unpaired) electrons. The van der Waals surface area contributed by atoms with Gasteiger partial charge in [0.2, 0.25) is 0 Å². The zero-order chi connectivity index (χ0) is 9.30. The molecule has 1 aromatic rings. The van der Waals surface area contributed by atoms with Gasteiger partial charge in [-0.1, -0.05) is 11.6 Å². The Morgan fingerprint density at radius 2 is 2.33 bits per heavy atom. The normalized spacial score (nSPS) is 9.92. The number of aromatic carboxylic acids is 1. The van der Waals surface area contributed by atoms with Crippen LogP contribution in [0.4, 0.5) is 4.39 Å². The molecule has 1 aromatic heterocycles. The molecule has 0 aromatic carbocycles. The molecule has 0 atom stereocenters. The quantitative estimate of drug-likeness (QED) is 0.734. The average Bonchev–Trinajstić information content (AvgIpc) is 2.00. The number of aromatic nitrogens is 1. The van der Waals surface area contributed by atoms with Crippen molar-refractivity contribution in [2.75, 3.05) is 0 Å². The van der Waals surface area contributed by atoms with Gasteiger partial charge in [0.1, 0.15) is 0 Å². The minimum Gasteiger partial charge on any atom is -0.478 e. The van der Waals surface area contributed by atoms with Crippen molar-refractivity contribution in [3.05, 3.63) is 28.3 Å². The highest BCUT2D eigenvalue weighted by molar-refractivity contribution is 6.33. The molecular formula is C7H5ClFNO2. The number of rotatable bonds is 1. The first-order chi connectivity index (χ1) is 5.54. The van der Waals surface area contributed by atoms with Gasteiger partial charge in [0.05, 0.1) is 16.3 Å². The molecule has 0 unspecified atom stereocenters. The molecular weight excluding hydrogens is 185 g/mol. The fourth-order valence-electron chi connectivity index (χ4n) is 0.701. The summed E-state index contributed by atoms with van der Waals surface area (Å²) < 4.78 is 12.9. The van der Waals surface area contributed by atoms with E-state index in [4.69, 9.17) is 16.7 Å². The van der Waals surface area contributed by atoms with Crippen LogP contribution in [0.25, 0.3) is 0 Å². The number of carbonyl (C=O) groups is 1. The largest absolute Gasteiger partial charge is 0.478 e. The lowest BCUT2D eigenvalue weighted by atomic mass is 10.2. The third-order valence-corrected chi connectivity index (χ3v) is 1.73. The maximum atomic E-state index is 12.9. The smallest absolute Gasteiger partial charge is 0.338 e. The third-order valence-electron chi connectivity index (χ3n) is 1.36. The molecule has 5 heteroatoms. The first kappa shape index (κ1) is 8.93. The van der Waals surface area contributed by atoms with Crippen LogP contribution < -0.4 is 0 Å². The van der Waals surface area contributed by atoms with Crippen molar-refractivity contribution in [1.82, 2.24) is 4.98 Å². The Labute approximate surface area is 72.8 Å². The van der Waals surface area contributed by atoms with Crippen LogP contribution in [0.15, 0.2) is 6.20 Å². The summed E-state index contributed by atoms with van der Waals surface area (Å²) in [5, 5.41) is 8.10. The summed E-state index contributed by atoms with van der Waals surface area (Å²) in [4.78, 5) is 13.9. The number of carboxylic acid groups (broad SMARTS) is 1. The topological polar surface area (TPSA) is 50.2 Å². The van der Waals surface area contributed by atoms with Crippen LogP contribution >= 0.6 is 11.6 Å². The molecule has 1 N–H and O–H groups in total. The van der Waals surface area contributed by atoms with E-state index in [0.29, 0.717) is 0 Å². The van der Waals surface area contributed by atoms with Gasteiger partial charge in [-0.05, 0) is 6.92 Å². The van der Waals surface area contributed by atoms with Gasteiger partial charge >= 0.3 is 5.97 Å². The molecule has 0 aliphatic rings. The molecule has 0 saturated heterocycles. The van der Waals surface area contributed by atoms with Crippen LogP contribution in [-0.4, -0.2) is 16.1 Å². The van der Waals surface area contributed by atoms with Crippen LogP contribution in [0.1, 0.15) is 16.1 Å². The second kappa shape index (κ2) is 3.06. The Kier molecular flexibility index (Phi) is 2.28. The van der Waals surface area contributed by atoms with E-state index in [1.54, 1.807) is 0 Å². The predicted molar refractivity (Wildman–Crippen MR) is 40.9 cm³/mol. The molecule has 0 aliphatic heterocycles. The lowest BCUT2D eigenvalue weighted by Crippen LogP contribution is -2.02. The van der Waals surface area contributed by atoms with E-state index in [2.05, 4.69) is 4.98 Å². The summed E-state index contributed by atoms with van der Waals surface area (Å²) >= 11 is 5.40. The molecule has 1 rings (SSSR count). The highest BCUT2D eigenvalue weighted by Gasteiger charge is 2.14. The van der Waals surface area contributed by atoms with Crippen molar-refractivity contribution < 1.29 is 14.3 Å². The minimum absolute atomic E-state index is 0.0880. The van der Waals surface area contributed by atoms with Gasteiger partial charge in [0.15, 0.2) is 5.82 Å². The van der Waals surface area contributed by atoms with E-state index in [9.17, 15) is 9.18 Å². The zero-order valence-corrected chi connectivity index (χ0v) is 6.89. The summed E-state index contributed by atoms with van der Waals surface area (Å²) in [6.45, 7) is 1.41. The number of hydrogen-bond acceptors (Lipinski definition) is 2. The van der Waals surface area contributed by atoms with Crippen molar-refractivity contribution >= 4 is 17.6 Å². The van der Waals surface area contributed by atoms with Gasteiger partial charge in [-0.25, -0.2) is 9.18 Å². The second-order valence-corrected chi connectivity index (χ2v) is 2.57. The molecule has 1 heterocycles. The Bertz CT molecular complexity index is 340. The van der Waals surface area contributed by atoms with Gasteiger partial charge in [-0.2, -0.15) is 0 Å². The van der Waals surface area contributed by atoms with E-state index in [-0.39, 0.29) is 11.3 Å². The third kappa shape index (κ3) is 1.38. The number of pyridine rings is 1. The van der Waals surface area contributed by atoms with Gasteiger partial charge in [0.25, 0.3) is 0 Å². The van der Waals surface area contributed by atoms with E-state index in [1.165, 1.54) is 6.92 Å². The SMILES string of the molecule is Cc1ncc(C(=O)O)c(Cl)c1F. The van der Waals surface area contributed by atoms with Crippen molar-refractivity contribution in [3.8, 4) is 0 Å². The molecule has 0 spiro atoms. The molecule has 0 saturated carbocycles. The van der Waals surface area contributed by atoms with Crippen LogP contribution in [-0.2, 0) is 0 Å². The molecule has 0 aliphatic carbocycles. The van der Waals surface area contributed by atoms with E-state index < -0.39 is 16.8 Å². The Balaban J connectivity index is 3.36. The summed E-state index contributed by atoms with van der Waals surface area (Å²) in [7, 11) is 0. The monoisotopic (exact) mass is 189 g/mol. The summed E-state index contributed by atoms with van der Waals surface area (Å²) in [5.41, 5.74) is -0.232. The van der Waals surface area contributed by atoms with Crippen LogP contribution in [0.3, 0.4) is 0 Å². The number of hydrogen-bond donors (Lipinski definition) is 1. The number of aryl methyl sites for hydroxylation is 1. The zero-order valence-electron chi connectivity index (χ0n) is 6.14. The van der Waals surface area contributed by atoms with Gasteiger partial charge in [-0.15, -0.1) is 0 Å². The molecule has 0 bridgehead atoms. The van der Waals surface area contributed by atoms with Gasteiger partial charge in [-0.3, -0.25) is 4.98 Å². The summed E-state index contributed by atoms with van der Waals surface area (Å²) in [6, 6.07) is 0. The molecule has 64 valence electrons.